The van der Waals surface area contributed by atoms with Gasteiger partial charge in [-0.3, -0.25) is 0 Å². The molecule has 0 aliphatic rings. The molecule has 0 radical (unpaired) electrons. The van der Waals surface area contributed by atoms with E-state index in [1.807, 2.05) is 121 Å². The van der Waals surface area contributed by atoms with E-state index in [0.29, 0.717) is 0 Å². The Labute approximate surface area is 204 Å². The van der Waals surface area contributed by atoms with Gasteiger partial charge in [0.15, 0.2) is 0 Å². The normalized spacial score (nSPS) is 8.50. The van der Waals surface area contributed by atoms with Gasteiger partial charge in [-0.2, -0.15) is 49.2 Å². The molecule has 0 aliphatic carbocycles. The van der Waals surface area contributed by atoms with Gasteiger partial charge in [0.2, 0.25) is 0 Å². The second-order valence-corrected chi connectivity index (χ2v) is 6.26. The van der Waals surface area contributed by atoms with Gasteiger partial charge in [0.05, 0.1) is 13.2 Å². The molecular weight excluding hydrogens is 432 g/mol. The molecule has 0 heterocycles. The van der Waals surface area contributed by atoms with Crippen LogP contribution < -0.4 is 0 Å². The summed E-state index contributed by atoms with van der Waals surface area (Å²) in [7, 11) is 0. The van der Waals surface area contributed by atoms with Crippen molar-refractivity contribution in [2.75, 3.05) is 0 Å². The average molecular weight is 462 g/mol. The predicted molar refractivity (Wildman–Crippen MR) is 127 cm³/mol. The van der Waals surface area contributed by atoms with Gasteiger partial charge in [-0.05, 0) is 11.1 Å². The molecule has 4 heteroatoms. The number of benzene rings is 4. The molecule has 0 unspecified atom stereocenters. The van der Waals surface area contributed by atoms with E-state index in [-0.39, 0.29) is 13.2 Å². The summed E-state index contributed by atoms with van der Waals surface area (Å²) in [4.78, 5) is 0. The Morgan fingerprint density at radius 3 is 0.812 bits per heavy atom. The first-order valence-electron chi connectivity index (χ1n) is 9.89. The molecule has 0 aliphatic heterocycles. The first-order chi connectivity index (χ1) is 15.7. The summed E-state index contributed by atoms with van der Waals surface area (Å²) in [5.41, 5.74) is 4.07. The zero-order valence-electron chi connectivity index (χ0n) is 18.2. The van der Waals surface area contributed by atoms with Crippen molar-refractivity contribution in [3.05, 3.63) is 157 Å². The fourth-order valence-electron chi connectivity index (χ4n) is 2.12. The fraction of sp³-hybridized carbons (Fsp3) is 0.0714. The third kappa shape index (κ3) is 16.8. The molecular formula is C28H30O3Ti. The monoisotopic (exact) mass is 462 g/mol. The minimum atomic E-state index is 0.140. The first-order valence-corrected chi connectivity index (χ1v) is 10.5. The summed E-state index contributed by atoms with van der Waals surface area (Å²) in [5, 5.41) is 17.1. The molecule has 4 aromatic carbocycles. The molecule has 4 rings (SSSR count). The van der Waals surface area contributed by atoms with Crippen molar-refractivity contribution in [1.29, 1.82) is 0 Å². The Morgan fingerprint density at radius 2 is 0.688 bits per heavy atom. The second kappa shape index (κ2) is 21.3. The van der Waals surface area contributed by atoms with Gasteiger partial charge in [-0.25, -0.2) is 0 Å². The molecule has 0 saturated heterocycles. The van der Waals surface area contributed by atoms with Gasteiger partial charge in [-0.1, -0.05) is 72.8 Å². The summed E-state index contributed by atoms with van der Waals surface area (Å²) >= 11 is 0.750. The average Bonchev–Trinajstić information content (AvgIpc) is 2.88. The molecule has 0 spiro atoms. The van der Waals surface area contributed by atoms with Gasteiger partial charge >= 0.3 is 23.7 Å². The van der Waals surface area contributed by atoms with Crippen molar-refractivity contribution in [2.45, 2.75) is 13.2 Å². The van der Waals surface area contributed by atoms with Crippen LogP contribution in [0.2, 0.25) is 0 Å². The van der Waals surface area contributed by atoms with Crippen LogP contribution in [-0.4, -0.2) is 10.2 Å². The minimum absolute atomic E-state index is 0.140. The van der Waals surface area contributed by atoms with Crippen molar-refractivity contribution in [3.8, 4) is 0 Å². The second-order valence-electron chi connectivity index (χ2n) is 6.26. The first kappa shape index (κ1) is 29.1. The third-order valence-corrected chi connectivity index (χ3v) is 3.74. The van der Waals surface area contributed by atoms with Crippen LogP contribution in [0.25, 0.3) is 0 Å². The standard InChI is InChI=1S/2C7H8O.2C7H7.O.Ti/c2*8-6-7-4-2-1-3-5-7;2*1-7-5-3-2-4-6-7;;/h2*1-5,8H,6H2;2*2-6H,1H2;;/q;;2*-1;;+2. The molecule has 0 bridgehead atoms. The maximum absolute atomic E-state index is 8.54. The van der Waals surface area contributed by atoms with E-state index < -0.39 is 0 Å². The van der Waals surface area contributed by atoms with Crippen LogP contribution in [-0.2, 0) is 36.9 Å². The van der Waals surface area contributed by atoms with Gasteiger partial charge in [0.25, 0.3) is 0 Å². The Hall–Kier alpha value is -2.95. The molecule has 0 atom stereocenters. The number of aliphatic hydroxyl groups excluding tert-OH is 2. The molecule has 3 nitrogen and oxygen atoms in total. The van der Waals surface area contributed by atoms with Crippen LogP contribution in [0.4, 0.5) is 0 Å². The van der Waals surface area contributed by atoms with Gasteiger partial charge in [-0.15, -0.1) is 24.3 Å². The van der Waals surface area contributed by atoms with E-state index >= 15 is 0 Å². The van der Waals surface area contributed by atoms with E-state index in [2.05, 4.69) is 13.8 Å². The summed E-state index contributed by atoms with van der Waals surface area (Å²) in [5.74, 6) is 0. The van der Waals surface area contributed by atoms with E-state index in [1.54, 1.807) is 0 Å². The number of aliphatic hydroxyl groups is 2. The Kier molecular flexibility index (Phi) is 19.3. The zero-order chi connectivity index (χ0) is 23.9. The molecule has 32 heavy (non-hydrogen) atoms. The zero-order valence-corrected chi connectivity index (χ0v) is 19.7. The van der Waals surface area contributed by atoms with Crippen LogP contribution in [0.3, 0.4) is 0 Å². The van der Waals surface area contributed by atoms with Crippen LogP contribution in [0.5, 0.6) is 0 Å². The topological polar surface area (TPSA) is 57.5 Å². The Morgan fingerprint density at radius 1 is 0.469 bits per heavy atom. The molecule has 2 N–H and O–H groups in total. The van der Waals surface area contributed by atoms with Crippen molar-refractivity contribution >= 4 is 0 Å². The van der Waals surface area contributed by atoms with Gasteiger partial charge in [0, 0.05) is 0 Å². The summed E-state index contributed by atoms with van der Waals surface area (Å²) in [6.45, 7) is 7.72. The Bertz CT molecular complexity index is 810. The van der Waals surface area contributed by atoms with Crippen LogP contribution in [0.15, 0.2) is 121 Å². The maximum atomic E-state index is 8.54. The SMILES string of the molecule is OCc1ccccc1.OCc1ccccc1.[CH2-]c1ccccc1.[CH2-]c1ccccc1.[O]=[Ti+2]. The van der Waals surface area contributed by atoms with E-state index in [1.165, 1.54) is 0 Å². The van der Waals surface area contributed by atoms with Gasteiger partial charge in [0.1, 0.15) is 0 Å². The predicted octanol–water partition coefficient (Wildman–Crippen LogP) is 5.97. The van der Waals surface area contributed by atoms with Crippen molar-refractivity contribution in [3.63, 3.8) is 0 Å². The Balaban J connectivity index is 0.000000391. The van der Waals surface area contributed by atoms with E-state index in [0.717, 1.165) is 42.7 Å². The number of rotatable bonds is 2. The number of hydrogen-bond acceptors (Lipinski definition) is 3. The quantitative estimate of drug-likeness (QED) is 0.285. The van der Waals surface area contributed by atoms with Crippen LogP contribution in [0.1, 0.15) is 22.3 Å². The van der Waals surface area contributed by atoms with Crippen molar-refractivity contribution < 1.29 is 33.9 Å². The molecule has 0 amide bonds. The molecule has 0 fully saturated rings. The van der Waals surface area contributed by atoms with E-state index in [4.69, 9.17) is 13.5 Å². The van der Waals surface area contributed by atoms with Crippen molar-refractivity contribution in [2.24, 2.45) is 0 Å². The van der Waals surface area contributed by atoms with Crippen molar-refractivity contribution in [1.82, 2.24) is 0 Å². The van der Waals surface area contributed by atoms with Crippen LogP contribution >= 0.6 is 0 Å². The summed E-state index contributed by atoms with van der Waals surface area (Å²) < 4.78 is 8.25. The number of hydrogen-bond donors (Lipinski definition) is 2. The van der Waals surface area contributed by atoms with Gasteiger partial charge < -0.3 is 10.2 Å². The molecule has 4 aromatic rings. The molecule has 0 aromatic heterocycles. The fourth-order valence-corrected chi connectivity index (χ4v) is 2.12. The summed E-state index contributed by atoms with van der Waals surface area (Å²) in [6.07, 6.45) is 0. The molecule has 0 saturated carbocycles. The van der Waals surface area contributed by atoms with E-state index in [9.17, 15) is 0 Å². The molecule has 164 valence electrons. The third-order valence-electron chi connectivity index (χ3n) is 3.74. The summed E-state index contributed by atoms with van der Waals surface area (Å²) in [6, 6.07) is 38.8. The van der Waals surface area contributed by atoms with Crippen LogP contribution in [0, 0.1) is 13.8 Å².